The zero-order valence-corrected chi connectivity index (χ0v) is 7.14. The Kier molecular flexibility index (Phi) is 3.86. The Labute approximate surface area is 62.3 Å². The first-order valence-electron chi connectivity index (χ1n) is 3.46. The van der Waals surface area contributed by atoms with Crippen molar-refractivity contribution in [3.8, 4) is 0 Å². The van der Waals surface area contributed by atoms with E-state index in [1.165, 1.54) is 0 Å². The van der Waals surface area contributed by atoms with Gasteiger partial charge in [-0.05, 0) is 27.2 Å². The van der Waals surface area contributed by atoms with Crippen LogP contribution in [0.1, 0.15) is 27.2 Å². The fourth-order valence-electron chi connectivity index (χ4n) is 0.866. The predicted molar refractivity (Wildman–Crippen MR) is 40.1 cm³/mol. The van der Waals surface area contributed by atoms with Crippen molar-refractivity contribution in [2.45, 2.75) is 38.8 Å². The number of hydrogen-bond acceptors (Lipinski definition) is 3. The van der Waals surface area contributed by atoms with Crippen LogP contribution in [0.3, 0.4) is 0 Å². The van der Waals surface area contributed by atoms with Crippen molar-refractivity contribution in [3.05, 3.63) is 0 Å². The van der Waals surface area contributed by atoms with Crippen molar-refractivity contribution in [3.63, 3.8) is 0 Å². The maximum Gasteiger partial charge on any atom is 0.0638 e. The Morgan fingerprint density at radius 1 is 1.60 bits per heavy atom. The summed E-state index contributed by atoms with van der Waals surface area (Å²) in [7, 11) is 1.67. The van der Waals surface area contributed by atoms with E-state index in [1.807, 2.05) is 20.8 Å². The molecular weight excluding hydrogens is 130 g/mol. The van der Waals surface area contributed by atoms with Gasteiger partial charge in [0.05, 0.1) is 5.60 Å². The monoisotopic (exact) mass is 147 g/mol. The molecule has 1 atom stereocenters. The third kappa shape index (κ3) is 3.82. The summed E-state index contributed by atoms with van der Waals surface area (Å²) >= 11 is 0. The zero-order valence-electron chi connectivity index (χ0n) is 7.14. The van der Waals surface area contributed by atoms with Crippen molar-refractivity contribution in [2.75, 3.05) is 7.11 Å². The van der Waals surface area contributed by atoms with Crippen LogP contribution < -0.4 is 5.48 Å². The molecule has 0 saturated carbocycles. The molecule has 62 valence electrons. The number of hydrogen-bond donors (Lipinski definition) is 2. The van der Waals surface area contributed by atoms with Gasteiger partial charge in [-0.2, -0.15) is 0 Å². The van der Waals surface area contributed by atoms with Gasteiger partial charge in [-0.3, -0.25) is 0 Å². The van der Waals surface area contributed by atoms with Gasteiger partial charge in [0.15, 0.2) is 0 Å². The summed E-state index contributed by atoms with van der Waals surface area (Å²) in [6, 6.07) is 0.0787. The van der Waals surface area contributed by atoms with Gasteiger partial charge >= 0.3 is 0 Å². The molecule has 0 aromatic heterocycles. The molecule has 0 aliphatic rings. The van der Waals surface area contributed by atoms with Crippen LogP contribution in [0.15, 0.2) is 0 Å². The van der Waals surface area contributed by atoms with Crippen LogP contribution in [-0.4, -0.2) is 24.0 Å². The van der Waals surface area contributed by atoms with Gasteiger partial charge < -0.3 is 9.94 Å². The topological polar surface area (TPSA) is 41.5 Å². The van der Waals surface area contributed by atoms with E-state index >= 15 is 0 Å². The summed E-state index contributed by atoms with van der Waals surface area (Å²) in [5.74, 6) is 0. The molecule has 0 saturated heterocycles. The second-order valence-corrected chi connectivity index (χ2v) is 3.20. The number of nitrogens with one attached hydrogen (secondary N) is 1. The molecule has 2 N–H and O–H groups in total. The molecule has 3 nitrogen and oxygen atoms in total. The van der Waals surface area contributed by atoms with Gasteiger partial charge in [0.2, 0.25) is 0 Å². The normalized spacial score (nSPS) is 15.3. The Hall–Kier alpha value is -0.120. The second kappa shape index (κ2) is 3.91. The molecule has 0 radical (unpaired) electrons. The van der Waals surface area contributed by atoms with Crippen molar-refractivity contribution in [1.82, 2.24) is 5.48 Å². The average molecular weight is 147 g/mol. The third-order valence-electron chi connectivity index (χ3n) is 1.57. The van der Waals surface area contributed by atoms with E-state index in [9.17, 15) is 0 Å². The zero-order chi connectivity index (χ0) is 8.20. The Bertz CT molecular complexity index is 93.6. The molecule has 0 fully saturated rings. The largest absolute Gasteiger partial charge is 0.379 e. The molecule has 1 unspecified atom stereocenters. The van der Waals surface area contributed by atoms with Crippen LogP contribution in [0, 0.1) is 0 Å². The van der Waals surface area contributed by atoms with Gasteiger partial charge in [-0.1, -0.05) is 0 Å². The van der Waals surface area contributed by atoms with E-state index in [-0.39, 0.29) is 11.6 Å². The lowest BCUT2D eigenvalue weighted by Gasteiger charge is -2.25. The highest BCUT2D eigenvalue weighted by Gasteiger charge is 2.19. The molecule has 0 heterocycles. The fraction of sp³-hybridized carbons (Fsp3) is 1.00. The highest BCUT2D eigenvalue weighted by Crippen LogP contribution is 2.14. The minimum atomic E-state index is -0.158. The number of ether oxygens (including phenoxy) is 1. The van der Waals surface area contributed by atoms with Gasteiger partial charge in [0.25, 0.3) is 0 Å². The van der Waals surface area contributed by atoms with Crippen LogP contribution in [-0.2, 0) is 4.74 Å². The van der Waals surface area contributed by atoms with Crippen molar-refractivity contribution < 1.29 is 9.94 Å². The Morgan fingerprint density at radius 3 is 2.40 bits per heavy atom. The quantitative estimate of drug-likeness (QED) is 0.586. The summed E-state index contributed by atoms with van der Waals surface area (Å²) in [6.07, 6.45) is 0.792. The van der Waals surface area contributed by atoms with E-state index in [4.69, 9.17) is 9.94 Å². The van der Waals surface area contributed by atoms with Crippen molar-refractivity contribution in [1.29, 1.82) is 0 Å². The van der Waals surface area contributed by atoms with Crippen LogP contribution in [0.2, 0.25) is 0 Å². The number of hydroxylamine groups is 1. The lowest BCUT2D eigenvalue weighted by atomic mass is 10.0. The second-order valence-electron chi connectivity index (χ2n) is 3.20. The Morgan fingerprint density at radius 2 is 2.10 bits per heavy atom. The molecule has 0 bridgehead atoms. The standard InChI is InChI=1S/C7H17NO2/c1-6(8-9)5-7(2,3)10-4/h6,8-9H,5H2,1-4H3. The van der Waals surface area contributed by atoms with Gasteiger partial charge in [0, 0.05) is 13.2 Å². The first-order chi connectivity index (χ1) is 4.52. The molecule has 0 rings (SSSR count). The third-order valence-corrected chi connectivity index (χ3v) is 1.57. The van der Waals surface area contributed by atoms with Crippen LogP contribution in [0.25, 0.3) is 0 Å². The van der Waals surface area contributed by atoms with Crippen molar-refractivity contribution in [2.24, 2.45) is 0 Å². The number of rotatable bonds is 4. The Balaban J connectivity index is 3.64. The minimum absolute atomic E-state index is 0.0787. The molecule has 10 heavy (non-hydrogen) atoms. The lowest BCUT2D eigenvalue weighted by molar-refractivity contribution is -0.00613. The maximum atomic E-state index is 8.49. The summed E-state index contributed by atoms with van der Waals surface area (Å²) in [4.78, 5) is 0. The lowest BCUT2D eigenvalue weighted by Crippen LogP contribution is -2.33. The van der Waals surface area contributed by atoms with Crippen LogP contribution in [0.5, 0.6) is 0 Å². The highest BCUT2D eigenvalue weighted by molar-refractivity contribution is 4.72. The van der Waals surface area contributed by atoms with E-state index in [0.29, 0.717) is 0 Å². The predicted octanol–water partition coefficient (Wildman–Crippen LogP) is 1.17. The summed E-state index contributed by atoms with van der Waals surface area (Å²) in [5.41, 5.74) is 2.02. The van der Waals surface area contributed by atoms with Gasteiger partial charge in [-0.25, -0.2) is 5.48 Å². The fourth-order valence-corrected chi connectivity index (χ4v) is 0.866. The number of methoxy groups -OCH3 is 1. The molecular formula is C7H17NO2. The summed E-state index contributed by atoms with van der Waals surface area (Å²) in [5, 5.41) is 8.49. The molecule has 3 heteroatoms. The van der Waals surface area contributed by atoms with Gasteiger partial charge in [-0.15, -0.1) is 0 Å². The highest BCUT2D eigenvalue weighted by atomic mass is 16.5. The van der Waals surface area contributed by atoms with E-state index in [1.54, 1.807) is 7.11 Å². The smallest absolute Gasteiger partial charge is 0.0638 e. The van der Waals surface area contributed by atoms with E-state index in [0.717, 1.165) is 6.42 Å². The van der Waals surface area contributed by atoms with Crippen molar-refractivity contribution >= 4 is 0 Å². The maximum absolute atomic E-state index is 8.49. The van der Waals surface area contributed by atoms with Crippen LogP contribution in [0.4, 0.5) is 0 Å². The van der Waals surface area contributed by atoms with E-state index in [2.05, 4.69) is 5.48 Å². The van der Waals surface area contributed by atoms with Gasteiger partial charge in [0.1, 0.15) is 0 Å². The van der Waals surface area contributed by atoms with E-state index < -0.39 is 0 Å². The molecule has 0 amide bonds. The summed E-state index contributed by atoms with van der Waals surface area (Å²) in [6.45, 7) is 5.88. The molecule has 0 aliphatic heterocycles. The SMILES string of the molecule is COC(C)(C)CC(C)NO. The average Bonchev–Trinajstić information content (AvgIpc) is 1.87. The minimum Gasteiger partial charge on any atom is -0.379 e. The molecule has 0 spiro atoms. The summed E-state index contributed by atoms with van der Waals surface area (Å²) < 4.78 is 5.16. The van der Waals surface area contributed by atoms with Crippen LogP contribution >= 0.6 is 0 Å². The molecule has 0 aromatic rings. The molecule has 0 aromatic carbocycles. The molecule has 0 aliphatic carbocycles. The first kappa shape index (κ1) is 9.88. The first-order valence-corrected chi connectivity index (χ1v) is 3.46.